The van der Waals surface area contributed by atoms with E-state index < -0.39 is 5.97 Å². The van der Waals surface area contributed by atoms with E-state index in [9.17, 15) is 4.79 Å². The van der Waals surface area contributed by atoms with Crippen LogP contribution in [0.3, 0.4) is 0 Å². The summed E-state index contributed by atoms with van der Waals surface area (Å²) in [5.74, 6) is -0.0263. The predicted molar refractivity (Wildman–Crippen MR) is 110 cm³/mol. The van der Waals surface area contributed by atoms with Gasteiger partial charge in [0.1, 0.15) is 10.9 Å². The van der Waals surface area contributed by atoms with E-state index in [-0.39, 0.29) is 12.4 Å². The number of aryl methyl sites for hydroxylation is 1. The van der Waals surface area contributed by atoms with E-state index in [1.165, 1.54) is 0 Å². The van der Waals surface area contributed by atoms with Crippen molar-refractivity contribution in [1.82, 2.24) is 4.98 Å². The van der Waals surface area contributed by atoms with Crippen molar-refractivity contribution >= 4 is 23.1 Å². The maximum atomic E-state index is 12.9. The fourth-order valence-electron chi connectivity index (χ4n) is 2.80. The van der Waals surface area contributed by atoms with E-state index >= 15 is 0 Å². The molecule has 3 aromatic rings. The Balaban J connectivity index is 2.22. The maximum absolute atomic E-state index is 12.9. The number of hydrogen-bond acceptors (Lipinski definition) is 4. The number of esters is 1. The summed E-state index contributed by atoms with van der Waals surface area (Å²) < 4.78 is 11.3. The van der Waals surface area contributed by atoms with Crippen LogP contribution >= 0.6 is 11.6 Å². The highest BCUT2D eigenvalue weighted by Crippen LogP contribution is 2.30. The second kappa shape index (κ2) is 9.20. The number of benzene rings is 2. The van der Waals surface area contributed by atoms with E-state index in [2.05, 4.69) is 4.98 Å². The van der Waals surface area contributed by atoms with Crippen LogP contribution in [0.5, 0.6) is 5.75 Å². The van der Waals surface area contributed by atoms with Crippen molar-refractivity contribution in [2.24, 2.45) is 0 Å². The normalized spacial score (nSPS) is 10.2. The molecule has 3 rings (SSSR count). The summed E-state index contributed by atoms with van der Waals surface area (Å²) in [6.45, 7) is 3.80. The van der Waals surface area contributed by atoms with Crippen molar-refractivity contribution in [3.8, 4) is 5.75 Å². The number of nitrogens with zero attached hydrogens (tertiary/aromatic N) is 1. The van der Waals surface area contributed by atoms with Gasteiger partial charge >= 0.3 is 5.97 Å². The number of hydrogen-bond donors (Lipinski definition) is 0. The number of carbonyl (C=O) groups is 1. The number of aromatic nitrogens is 1. The molecule has 2 aromatic carbocycles. The molecule has 0 N–H and O–H groups in total. The zero-order valence-electron chi connectivity index (χ0n) is 15.7. The summed E-state index contributed by atoms with van der Waals surface area (Å²) in [4.78, 5) is 17.0. The zero-order valence-corrected chi connectivity index (χ0v) is 16.4. The number of carbonyl (C=O) groups excluding carboxylic acids is 1. The topological polar surface area (TPSA) is 48.4 Å². The Morgan fingerprint density at radius 1 is 0.964 bits per heavy atom. The molecule has 4 nitrogen and oxygen atoms in total. The lowest BCUT2D eigenvalue weighted by atomic mass is 9.96. The van der Waals surface area contributed by atoms with E-state index in [0.29, 0.717) is 22.2 Å². The van der Waals surface area contributed by atoms with Crippen molar-refractivity contribution < 1.29 is 14.3 Å². The monoisotopic (exact) mass is 393 g/mol. The van der Waals surface area contributed by atoms with Crippen LogP contribution in [0, 0.1) is 6.92 Å². The first-order valence-electron chi connectivity index (χ1n) is 8.92. The quantitative estimate of drug-likeness (QED) is 0.242. The lowest BCUT2D eigenvalue weighted by molar-refractivity contribution is -0.140. The van der Waals surface area contributed by atoms with Crippen LogP contribution < -0.4 is 4.74 Å². The van der Waals surface area contributed by atoms with Crippen molar-refractivity contribution in [2.75, 3.05) is 6.61 Å². The molecule has 0 unspecified atom stereocenters. The highest BCUT2D eigenvalue weighted by Gasteiger charge is 2.23. The van der Waals surface area contributed by atoms with Crippen LogP contribution in [0.15, 0.2) is 78.6 Å². The van der Waals surface area contributed by atoms with Gasteiger partial charge in [0.2, 0.25) is 5.76 Å². The molecule has 0 aliphatic carbocycles. The van der Waals surface area contributed by atoms with Gasteiger partial charge < -0.3 is 9.47 Å². The Hall–Kier alpha value is -3.11. The van der Waals surface area contributed by atoms with Gasteiger partial charge in [-0.1, -0.05) is 72.3 Å². The summed E-state index contributed by atoms with van der Waals surface area (Å²) >= 11 is 6.06. The Labute approximate surface area is 169 Å². The second-order valence-electron chi connectivity index (χ2n) is 6.03. The molecule has 1 heterocycles. The highest BCUT2D eigenvalue weighted by molar-refractivity contribution is 6.29. The Bertz CT molecular complexity index is 923. The van der Waals surface area contributed by atoms with Gasteiger partial charge in [0.05, 0.1) is 6.61 Å². The molecule has 0 aliphatic heterocycles. The van der Waals surface area contributed by atoms with Crippen LogP contribution in [0.4, 0.5) is 0 Å². The molecule has 0 bridgehead atoms. The van der Waals surface area contributed by atoms with Crippen molar-refractivity contribution in [3.05, 3.63) is 101 Å². The minimum absolute atomic E-state index is 0.0981. The second-order valence-corrected chi connectivity index (χ2v) is 6.41. The number of pyridine rings is 1. The molecule has 0 atom stereocenters. The zero-order chi connectivity index (χ0) is 19.9. The van der Waals surface area contributed by atoms with Crippen LogP contribution in [0.1, 0.15) is 23.7 Å². The Morgan fingerprint density at radius 2 is 1.54 bits per heavy atom. The summed E-state index contributed by atoms with van der Waals surface area (Å²) in [5.41, 5.74) is 3.01. The largest absolute Gasteiger partial charge is 0.460 e. The summed E-state index contributed by atoms with van der Waals surface area (Å²) in [6, 6.07) is 22.5. The average Bonchev–Trinajstić information content (AvgIpc) is 2.68. The van der Waals surface area contributed by atoms with E-state index in [1.807, 2.05) is 67.6 Å². The number of ether oxygens (including phenoxy) is 2. The first-order valence-corrected chi connectivity index (χ1v) is 9.30. The predicted octanol–water partition coefficient (Wildman–Crippen LogP) is 5.44. The summed E-state index contributed by atoms with van der Waals surface area (Å²) in [7, 11) is 0. The van der Waals surface area contributed by atoms with E-state index in [4.69, 9.17) is 21.1 Å². The molecule has 0 saturated carbocycles. The first-order chi connectivity index (χ1) is 13.6. The highest BCUT2D eigenvalue weighted by atomic mass is 35.5. The van der Waals surface area contributed by atoms with Gasteiger partial charge in [-0.15, -0.1) is 0 Å². The standard InChI is InChI=1S/C23H20ClNO3/c1-3-27-23(26)22(28-19-14-16(2)25-20(24)15-19)21(17-10-6-4-7-11-17)18-12-8-5-9-13-18/h4-15H,3H2,1-2H3. The molecule has 28 heavy (non-hydrogen) atoms. The molecule has 142 valence electrons. The molecule has 0 amide bonds. The third-order valence-electron chi connectivity index (χ3n) is 3.93. The molecule has 0 spiro atoms. The van der Waals surface area contributed by atoms with Crippen LogP contribution in [0.2, 0.25) is 5.15 Å². The van der Waals surface area contributed by atoms with Gasteiger partial charge in [0.15, 0.2) is 0 Å². The molecule has 5 heteroatoms. The molecular formula is C23H20ClNO3. The van der Waals surface area contributed by atoms with Crippen LogP contribution in [-0.4, -0.2) is 17.6 Å². The van der Waals surface area contributed by atoms with E-state index in [0.717, 1.165) is 11.1 Å². The molecule has 0 aliphatic rings. The third-order valence-corrected chi connectivity index (χ3v) is 4.12. The Kier molecular flexibility index (Phi) is 6.45. The molecule has 1 aromatic heterocycles. The average molecular weight is 394 g/mol. The van der Waals surface area contributed by atoms with Crippen molar-refractivity contribution in [3.63, 3.8) is 0 Å². The van der Waals surface area contributed by atoms with Crippen LogP contribution in [-0.2, 0) is 9.53 Å². The smallest absolute Gasteiger partial charge is 0.374 e. The fraction of sp³-hybridized carbons (Fsp3) is 0.130. The van der Waals surface area contributed by atoms with Gasteiger partial charge in [0, 0.05) is 23.4 Å². The first kappa shape index (κ1) is 19.6. The lowest BCUT2D eigenvalue weighted by Crippen LogP contribution is -2.16. The molecule has 0 fully saturated rings. The summed E-state index contributed by atoms with van der Waals surface area (Å²) in [6.07, 6.45) is 0. The minimum atomic E-state index is -0.546. The maximum Gasteiger partial charge on any atom is 0.374 e. The van der Waals surface area contributed by atoms with Gasteiger partial charge in [-0.3, -0.25) is 0 Å². The SMILES string of the molecule is CCOC(=O)C(Oc1cc(C)nc(Cl)c1)=C(c1ccccc1)c1ccccc1. The van der Waals surface area contributed by atoms with Gasteiger partial charge in [-0.25, -0.2) is 9.78 Å². The van der Waals surface area contributed by atoms with Gasteiger partial charge in [-0.2, -0.15) is 0 Å². The third kappa shape index (κ3) is 4.78. The van der Waals surface area contributed by atoms with E-state index in [1.54, 1.807) is 19.1 Å². The van der Waals surface area contributed by atoms with Crippen molar-refractivity contribution in [2.45, 2.75) is 13.8 Å². The van der Waals surface area contributed by atoms with Crippen molar-refractivity contribution in [1.29, 1.82) is 0 Å². The molecular weight excluding hydrogens is 374 g/mol. The lowest BCUT2D eigenvalue weighted by Gasteiger charge is -2.16. The fourth-order valence-corrected chi connectivity index (χ4v) is 3.05. The molecule has 0 saturated heterocycles. The Morgan fingerprint density at radius 3 is 2.04 bits per heavy atom. The minimum Gasteiger partial charge on any atom is -0.460 e. The molecule has 0 radical (unpaired) electrons. The van der Waals surface area contributed by atoms with Gasteiger partial charge in [0.25, 0.3) is 0 Å². The van der Waals surface area contributed by atoms with Crippen LogP contribution in [0.25, 0.3) is 5.57 Å². The summed E-state index contributed by atoms with van der Waals surface area (Å²) in [5, 5.41) is 0.291. The number of halogens is 1. The number of rotatable bonds is 6. The van der Waals surface area contributed by atoms with Gasteiger partial charge in [-0.05, 0) is 25.0 Å².